The first kappa shape index (κ1) is 13.2. The van der Waals surface area contributed by atoms with Crippen molar-refractivity contribution in [2.24, 2.45) is 5.73 Å². The lowest BCUT2D eigenvalue weighted by Crippen LogP contribution is -2.41. The molecule has 1 aliphatic rings. The average molecular weight is 269 g/mol. The van der Waals surface area contributed by atoms with Crippen LogP contribution in [0.1, 0.15) is 23.2 Å². The summed E-state index contributed by atoms with van der Waals surface area (Å²) in [5.41, 5.74) is 7.57. The number of benzene rings is 1. The summed E-state index contributed by atoms with van der Waals surface area (Å²) in [5, 5.41) is 1.01. The first-order valence-corrected chi connectivity index (χ1v) is 7.08. The Balaban J connectivity index is 1.72. The van der Waals surface area contributed by atoms with Crippen molar-refractivity contribution in [3.63, 3.8) is 0 Å². The Labute approximate surface area is 118 Å². The van der Waals surface area contributed by atoms with Gasteiger partial charge in [0, 0.05) is 36.3 Å². The van der Waals surface area contributed by atoms with E-state index in [4.69, 9.17) is 5.73 Å². The fraction of sp³-hybridized carbons (Fsp3) is 0.375. The summed E-state index contributed by atoms with van der Waals surface area (Å²) in [4.78, 5) is 18.8. The number of likely N-dealkylation sites (tertiary alicyclic amines) is 1. The van der Waals surface area contributed by atoms with Crippen LogP contribution in [-0.4, -0.2) is 41.3 Å². The molecule has 1 aromatic heterocycles. The lowest BCUT2D eigenvalue weighted by Gasteiger charge is -2.29. The molecule has 1 saturated heterocycles. The van der Waals surface area contributed by atoms with E-state index in [9.17, 15) is 4.79 Å². The number of Topliss-reactive ketones (excluding diaryl/α,β-unsaturated/α-hetero) is 1. The van der Waals surface area contributed by atoms with Gasteiger partial charge >= 0.3 is 0 Å². The van der Waals surface area contributed by atoms with E-state index in [1.54, 1.807) is 6.20 Å². The average Bonchev–Trinajstić information content (AvgIpc) is 2.49. The van der Waals surface area contributed by atoms with Crippen LogP contribution in [0.3, 0.4) is 0 Å². The van der Waals surface area contributed by atoms with Crippen LogP contribution in [0.25, 0.3) is 10.9 Å². The van der Waals surface area contributed by atoms with Gasteiger partial charge in [-0.1, -0.05) is 6.07 Å². The largest absolute Gasteiger partial charge is 0.328 e. The molecule has 2 heterocycles. The highest BCUT2D eigenvalue weighted by molar-refractivity contribution is 6.00. The van der Waals surface area contributed by atoms with E-state index >= 15 is 0 Å². The van der Waals surface area contributed by atoms with Crippen molar-refractivity contribution in [2.45, 2.75) is 18.9 Å². The molecule has 104 valence electrons. The van der Waals surface area contributed by atoms with Crippen LogP contribution >= 0.6 is 0 Å². The number of piperidine rings is 1. The van der Waals surface area contributed by atoms with E-state index < -0.39 is 0 Å². The van der Waals surface area contributed by atoms with Crippen LogP contribution in [-0.2, 0) is 0 Å². The molecule has 1 aliphatic heterocycles. The van der Waals surface area contributed by atoms with Gasteiger partial charge < -0.3 is 5.73 Å². The van der Waals surface area contributed by atoms with Gasteiger partial charge in [0.05, 0.1) is 12.1 Å². The number of fused-ring (bicyclic) bond motifs is 1. The summed E-state index contributed by atoms with van der Waals surface area (Å²) in [6.45, 7) is 2.32. The van der Waals surface area contributed by atoms with Gasteiger partial charge in [-0.15, -0.1) is 0 Å². The maximum atomic E-state index is 12.3. The zero-order valence-corrected chi connectivity index (χ0v) is 11.5. The molecule has 0 spiro atoms. The third kappa shape index (κ3) is 2.86. The lowest BCUT2D eigenvalue weighted by atomic mass is 10.0. The molecule has 4 heteroatoms. The number of nitrogens with two attached hydrogens (primary N) is 1. The first-order valence-electron chi connectivity index (χ1n) is 7.08. The molecule has 0 amide bonds. The van der Waals surface area contributed by atoms with E-state index in [0.29, 0.717) is 12.6 Å². The summed E-state index contributed by atoms with van der Waals surface area (Å²) in [6, 6.07) is 9.89. The van der Waals surface area contributed by atoms with Crippen molar-refractivity contribution in [1.82, 2.24) is 9.88 Å². The summed E-state index contributed by atoms with van der Waals surface area (Å²) >= 11 is 0. The van der Waals surface area contributed by atoms with Gasteiger partial charge in [-0.05, 0) is 37.1 Å². The molecule has 0 radical (unpaired) electrons. The summed E-state index contributed by atoms with van der Waals surface area (Å²) in [7, 11) is 0. The molecular weight excluding hydrogens is 250 g/mol. The minimum atomic E-state index is 0.172. The number of aromatic nitrogens is 1. The Hall–Kier alpha value is -1.78. The van der Waals surface area contributed by atoms with Crippen molar-refractivity contribution in [1.29, 1.82) is 0 Å². The maximum Gasteiger partial charge on any atom is 0.176 e. The number of pyridine rings is 1. The minimum absolute atomic E-state index is 0.172. The second-order valence-electron chi connectivity index (χ2n) is 5.45. The molecule has 0 unspecified atom stereocenters. The summed E-state index contributed by atoms with van der Waals surface area (Å²) < 4.78 is 0. The molecule has 4 nitrogen and oxygen atoms in total. The molecule has 0 saturated carbocycles. The maximum absolute atomic E-state index is 12.3. The molecule has 2 aromatic rings. The van der Waals surface area contributed by atoms with Crippen LogP contribution in [0.15, 0.2) is 36.5 Å². The monoisotopic (exact) mass is 269 g/mol. The van der Waals surface area contributed by atoms with Crippen LogP contribution in [0.4, 0.5) is 0 Å². The number of ketones is 1. The topological polar surface area (TPSA) is 59.2 Å². The van der Waals surface area contributed by atoms with Crippen molar-refractivity contribution in [3.8, 4) is 0 Å². The Bertz CT molecular complexity index is 618. The Morgan fingerprint density at radius 3 is 2.90 bits per heavy atom. The highest BCUT2D eigenvalue weighted by Gasteiger charge is 2.18. The van der Waals surface area contributed by atoms with Gasteiger partial charge in [0.15, 0.2) is 5.78 Å². The summed E-state index contributed by atoms with van der Waals surface area (Å²) in [6.07, 6.45) is 3.73. The van der Waals surface area contributed by atoms with Gasteiger partial charge in [0.2, 0.25) is 0 Å². The predicted octanol–water partition coefficient (Wildman–Crippen LogP) is 1.84. The van der Waals surface area contributed by atoms with Crippen LogP contribution in [0, 0.1) is 0 Å². The Morgan fingerprint density at radius 2 is 2.10 bits per heavy atom. The van der Waals surface area contributed by atoms with Crippen molar-refractivity contribution in [3.05, 3.63) is 42.1 Å². The second-order valence-corrected chi connectivity index (χ2v) is 5.45. The molecule has 20 heavy (non-hydrogen) atoms. The van der Waals surface area contributed by atoms with Gasteiger partial charge in [0.25, 0.3) is 0 Å². The Morgan fingerprint density at radius 1 is 1.30 bits per heavy atom. The van der Waals surface area contributed by atoms with E-state index in [0.717, 1.165) is 42.4 Å². The van der Waals surface area contributed by atoms with E-state index in [2.05, 4.69) is 9.88 Å². The SMILES string of the molecule is NC1CCN(CC(=O)c2ccc3ncccc3c2)CC1. The third-order valence-corrected chi connectivity index (χ3v) is 3.92. The summed E-state index contributed by atoms with van der Waals surface area (Å²) in [5.74, 6) is 0.172. The minimum Gasteiger partial charge on any atom is -0.328 e. The third-order valence-electron chi connectivity index (χ3n) is 3.92. The number of carbonyl (C=O) groups excluding carboxylic acids is 1. The molecule has 2 N–H and O–H groups in total. The van der Waals surface area contributed by atoms with Crippen LogP contribution < -0.4 is 5.73 Å². The first-order chi connectivity index (χ1) is 9.72. The normalized spacial score (nSPS) is 17.4. The van der Waals surface area contributed by atoms with Crippen molar-refractivity contribution >= 4 is 16.7 Å². The standard InChI is InChI=1S/C16H19N3O/c17-14-5-8-19(9-6-14)11-16(20)13-3-4-15-12(10-13)2-1-7-18-15/h1-4,7,10,14H,5-6,8-9,11,17H2. The van der Waals surface area contributed by atoms with Gasteiger partial charge in [-0.2, -0.15) is 0 Å². The molecule has 3 rings (SSSR count). The number of rotatable bonds is 3. The van der Waals surface area contributed by atoms with E-state index in [1.165, 1.54) is 0 Å². The van der Waals surface area contributed by atoms with Crippen molar-refractivity contribution in [2.75, 3.05) is 19.6 Å². The fourth-order valence-electron chi connectivity index (χ4n) is 2.65. The molecular formula is C16H19N3O. The van der Waals surface area contributed by atoms with Crippen molar-refractivity contribution < 1.29 is 4.79 Å². The molecule has 1 aromatic carbocycles. The van der Waals surface area contributed by atoms with Gasteiger partial charge in [-0.25, -0.2) is 0 Å². The second kappa shape index (κ2) is 5.69. The zero-order chi connectivity index (χ0) is 13.9. The highest BCUT2D eigenvalue weighted by atomic mass is 16.1. The van der Waals surface area contributed by atoms with Gasteiger partial charge in [0.1, 0.15) is 0 Å². The molecule has 0 atom stereocenters. The predicted molar refractivity (Wildman–Crippen MR) is 79.7 cm³/mol. The molecule has 0 aliphatic carbocycles. The molecule has 1 fully saturated rings. The highest BCUT2D eigenvalue weighted by Crippen LogP contribution is 2.15. The molecule has 0 bridgehead atoms. The zero-order valence-electron chi connectivity index (χ0n) is 11.5. The van der Waals surface area contributed by atoms with Gasteiger partial charge in [-0.3, -0.25) is 14.7 Å². The Kier molecular flexibility index (Phi) is 3.76. The van der Waals surface area contributed by atoms with E-state index in [1.807, 2.05) is 30.3 Å². The lowest BCUT2D eigenvalue weighted by molar-refractivity contribution is 0.0910. The fourth-order valence-corrected chi connectivity index (χ4v) is 2.65. The number of hydrogen-bond acceptors (Lipinski definition) is 4. The number of nitrogens with zero attached hydrogens (tertiary/aromatic N) is 2. The van der Waals surface area contributed by atoms with Crippen LogP contribution in [0.5, 0.6) is 0 Å². The number of carbonyl (C=O) groups is 1. The van der Waals surface area contributed by atoms with Crippen LogP contribution in [0.2, 0.25) is 0 Å². The smallest absolute Gasteiger partial charge is 0.176 e. The van der Waals surface area contributed by atoms with E-state index in [-0.39, 0.29) is 5.78 Å². The number of hydrogen-bond donors (Lipinski definition) is 1. The quantitative estimate of drug-likeness (QED) is 0.864.